The van der Waals surface area contributed by atoms with Crippen molar-refractivity contribution in [1.29, 1.82) is 0 Å². The van der Waals surface area contributed by atoms with E-state index in [1.165, 1.54) is 17.5 Å². The number of nitrogens with zero attached hydrogens (tertiary/aromatic N) is 6. The van der Waals surface area contributed by atoms with E-state index in [4.69, 9.17) is 9.72 Å². The van der Waals surface area contributed by atoms with Crippen molar-refractivity contribution in [2.24, 2.45) is 0 Å². The monoisotopic (exact) mass is 506 g/mol. The fraction of sp³-hybridized carbons (Fsp3) is 0.333. The maximum Gasteiger partial charge on any atom is 0.280 e. The molecule has 3 aromatic heterocycles. The standard InChI is InChI=1S/C24H23FN8O2S/c1-12(2)29-21(34)22-26-9-19(36-22)31-23-27-8-17(25)20(32-23)13-3-4-18-14(5-13)7-28-24(30-18)33-10-16-6-15(33)11-35-16/h3-5,7-9,12,15-16H,6,10-11H2,1-2H3,(H,29,34)(H,27,31,32)/t15-,16?/m0/s1. The molecule has 2 fully saturated rings. The number of fused-ring (bicyclic) bond motifs is 3. The number of aromatic nitrogens is 5. The zero-order valence-corrected chi connectivity index (χ0v) is 20.4. The predicted octanol–water partition coefficient (Wildman–Crippen LogP) is 3.54. The lowest BCUT2D eigenvalue weighted by Gasteiger charge is -2.26. The van der Waals surface area contributed by atoms with Gasteiger partial charge in [0.05, 0.1) is 36.7 Å². The number of carbonyl (C=O) groups is 1. The number of anilines is 3. The van der Waals surface area contributed by atoms with Crippen molar-refractivity contribution in [2.75, 3.05) is 23.4 Å². The van der Waals surface area contributed by atoms with Crippen molar-refractivity contribution in [3.05, 3.63) is 47.6 Å². The van der Waals surface area contributed by atoms with Crippen molar-refractivity contribution in [1.82, 2.24) is 30.2 Å². The minimum absolute atomic E-state index is 0.00432. The fourth-order valence-corrected chi connectivity index (χ4v) is 5.17. The van der Waals surface area contributed by atoms with Crippen LogP contribution in [0.15, 0.2) is 36.8 Å². The molecule has 0 saturated carbocycles. The van der Waals surface area contributed by atoms with E-state index in [2.05, 4.69) is 35.5 Å². The number of morpholine rings is 1. The number of amides is 1. The number of nitrogens with one attached hydrogen (secondary N) is 2. The molecule has 0 aliphatic carbocycles. The molecule has 0 radical (unpaired) electrons. The molecule has 36 heavy (non-hydrogen) atoms. The highest BCUT2D eigenvalue weighted by molar-refractivity contribution is 7.17. The molecule has 2 aliphatic rings. The molecule has 2 saturated heterocycles. The molecule has 4 aromatic rings. The molecule has 6 rings (SSSR count). The largest absolute Gasteiger partial charge is 0.374 e. The third-order valence-electron chi connectivity index (χ3n) is 6.10. The van der Waals surface area contributed by atoms with E-state index in [1.54, 1.807) is 12.3 Å². The molecule has 2 aliphatic heterocycles. The number of carbonyl (C=O) groups excluding carboxylic acids is 1. The minimum Gasteiger partial charge on any atom is -0.374 e. The van der Waals surface area contributed by atoms with E-state index in [-0.39, 0.29) is 29.7 Å². The average molecular weight is 507 g/mol. The Kier molecular flexibility index (Phi) is 5.69. The van der Waals surface area contributed by atoms with Crippen LogP contribution in [0, 0.1) is 5.82 Å². The Morgan fingerprint density at radius 2 is 2.08 bits per heavy atom. The summed E-state index contributed by atoms with van der Waals surface area (Å²) in [6.45, 7) is 5.27. The van der Waals surface area contributed by atoms with Crippen molar-refractivity contribution in [3.8, 4) is 11.3 Å². The molecule has 184 valence electrons. The Morgan fingerprint density at radius 1 is 1.19 bits per heavy atom. The summed E-state index contributed by atoms with van der Waals surface area (Å²) in [5.74, 6) is 0.0864. The van der Waals surface area contributed by atoms with E-state index < -0.39 is 5.82 Å². The lowest BCUT2D eigenvalue weighted by molar-refractivity contribution is 0.0942. The Balaban J connectivity index is 1.23. The van der Waals surface area contributed by atoms with Gasteiger partial charge in [0.15, 0.2) is 10.8 Å². The van der Waals surface area contributed by atoms with Crippen LogP contribution in [0.5, 0.6) is 0 Å². The number of rotatable bonds is 6. The number of hydrogen-bond acceptors (Lipinski definition) is 10. The summed E-state index contributed by atoms with van der Waals surface area (Å²) in [6.07, 6.45) is 5.67. The van der Waals surface area contributed by atoms with Crippen LogP contribution in [0.2, 0.25) is 0 Å². The molecule has 2 bridgehead atoms. The zero-order valence-electron chi connectivity index (χ0n) is 19.6. The third-order valence-corrected chi connectivity index (χ3v) is 7.01. The SMILES string of the molecule is CC(C)NC(=O)c1ncc(Nc2ncc(F)c(-c3ccc4nc(N5CC6C[C@H]5CO6)ncc4c3)n2)s1. The minimum atomic E-state index is -0.549. The van der Waals surface area contributed by atoms with Gasteiger partial charge < -0.3 is 20.3 Å². The lowest BCUT2D eigenvalue weighted by atomic mass is 10.1. The first kappa shape index (κ1) is 22.7. The zero-order chi connectivity index (χ0) is 24.8. The highest BCUT2D eigenvalue weighted by atomic mass is 32.1. The summed E-state index contributed by atoms with van der Waals surface area (Å²) in [5.41, 5.74) is 1.50. The normalized spacial score (nSPS) is 18.8. The summed E-state index contributed by atoms with van der Waals surface area (Å²) in [5, 5.41) is 7.48. The van der Waals surface area contributed by atoms with Gasteiger partial charge in [-0.05, 0) is 32.4 Å². The van der Waals surface area contributed by atoms with E-state index in [0.29, 0.717) is 34.2 Å². The molecule has 1 amide bonds. The molecule has 10 nitrogen and oxygen atoms in total. The van der Waals surface area contributed by atoms with Gasteiger partial charge in [-0.25, -0.2) is 29.3 Å². The molecule has 5 heterocycles. The van der Waals surface area contributed by atoms with Crippen molar-refractivity contribution in [2.45, 2.75) is 38.5 Å². The third kappa shape index (κ3) is 4.33. The second kappa shape index (κ2) is 9.03. The van der Waals surface area contributed by atoms with E-state index in [0.717, 1.165) is 30.1 Å². The number of benzene rings is 1. The smallest absolute Gasteiger partial charge is 0.280 e. The Hall–Kier alpha value is -3.77. The molecule has 1 aromatic carbocycles. The summed E-state index contributed by atoms with van der Waals surface area (Å²) in [6, 6.07) is 5.78. The van der Waals surface area contributed by atoms with E-state index in [9.17, 15) is 9.18 Å². The lowest BCUT2D eigenvalue weighted by Crippen LogP contribution is -2.38. The first-order chi connectivity index (χ1) is 17.4. The number of halogens is 1. The number of ether oxygens (including phenoxy) is 1. The highest BCUT2D eigenvalue weighted by Gasteiger charge is 2.40. The van der Waals surface area contributed by atoms with Gasteiger partial charge in [0.1, 0.15) is 10.7 Å². The van der Waals surface area contributed by atoms with Gasteiger partial charge in [-0.1, -0.05) is 17.4 Å². The van der Waals surface area contributed by atoms with E-state index >= 15 is 0 Å². The van der Waals surface area contributed by atoms with Crippen molar-refractivity contribution in [3.63, 3.8) is 0 Å². The molecule has 1 unspecified atom stereocenters. The summed E-state index contributed by atoms with van der Waals surface area (Å²) < 4.78 is 20.4. The average Bonchev–Trinajstić information content (AvgIpc) is 3.62. The Morgan fingerprint density at radius 3 is 2.86 bits per heavy atom. The van der Waals surface area contributed by atoms with Crippen molar-refractivity contribution >= 4 is 45.0 Å². The second-order valence-electron chi connectivity index (χ2n) is 9.11. The van der Waals surface area contributed by atoms with Gasteiger partial charge in [-0.2, -0.15) is 0 Å². The topological polar surface area (TPSA) is 118 Å². The van der Waals surface area contributed by atoms with Crippen LogP contribution < -0.4 is 15.5 Å². The molecular weight excluding hydrogens is 483 g/mol. The Labute approximate surface area is 210 Å². The molecular formula is C24H23FN8O2S. The van der Waals surface area contributed by atoms with Crippen LogP contribution in [0.1, 0.15) is 30.1 Å². The van der Waals surface area contributed by atoms with Gasteiger partial charge in [-0.15, -0.1) is 0 Å². The van der Waals surface area contributed by atoms with Gasteiger partial charge in [0.25, 0.3) is 5.91 Å². The maximum atomic E-state index is 14.7. The summed E-state index contributed by atoms with van der Waals surface area (Å²) in [7, 11) is 0. The predicted molar refractivity (Wildman–Crippen MR) is 134 cm³/mol. The summed E-state index contributed by atoms with van der Waals surface area (Å²) in [4.78, 5) is 36.2. The van der Waals surface area contributed by atoms with Crippen LogP contribution in [-0.4, -0.2) is 62.2 Å². The van der Waals surface area contributed by atoms with E-state index in [1.807, 2.05) is 26.0 Å². The maximum absolute atomic E-state index is 14.7. The van der Waals surface area contributed by atoms with Gasteiger partial charge in [0, 0.05) is 29.7 Å². The molecule has 2 atom stereocenters. The van der Waals surface area contributed by atoms with Crippen molar-refractivity contribution < 1.29 is 13.9 Å². The van der Waals surface area contributed by atoms with Gasteiger partial charge in [0.2, 0.25) is 11.9 Å². The summed E-state index contributed by atoms with van der Waals surface area (Å²) >= 11 is 1.17. The molecule has 2 N–H and O–H groups in total. The van der Waals surface area contributed by atoms with Gasteiger partial charge >= 0.3 is 0 Å². The fourth-order valence-electron chi connectivity index (χ4n) is 4.45. The van der Waals surface area contributed by atoms with Gasteiger partial charge in [-0.3, -0.25) is 4.79 Å². The molecule has 12 heteroatoms. The molecule has 0 spiro atoms. The number of thiazole rings is 1. The van der Waals surface area contributed by atoms with Crippen LogP contribution in [0.3, 0.4) is 0 Å². The second-order valence-corrected chi connectivity index (χ2v) is 10.1. The highest BCUT2D eigenvalue weighted by Crippen LogP contribution is 2.32. The van der Waals surface area contributed by atoms with Crippen LogP contribution in [-0.2, 0) is 4.74 Å². The Bertz CT molecular complexity index is 1460. The quantitative estimate of drug-likeness (QED) is 0.405. The first-order valence-corrected chi connectivity index (χ1v) is 12.5. The first-order valence-electron chi connectivity index (χ1n) is 11.6. The van der Waals surface area contributed by atoms with Crippen LogP contribution in [0.25, 0.3) is 22.2 Å². The van der Waals surface area contributed by atoms with Crippen LogP contribution >= 0.6 is 11.3 Å². The number of hydrogen-bond donors (Lipinski definition) is 2. The van der Waals surface area contributed by atoms with Crippen LogP contribution in [0.4, 0.5) is 21.3 Å².